The molecule has 1 saturated carbocycles. The average Bonchev–Trinajstić information content (AvgIpc) is 2.23. The number of nitrogens with zero attached hydrogens (tertiary/aromatic N) is 1. The molecule has 0 spiro atoms. The van der Waals surface area contributed by atoms with E-state index in [-0.39, 0.29) is 5.91 Å². The van der Waals surface area contributed by atoms with Crippen molar-refractivity contribution in [2.24, 2.45) is 0 Å². The molecule has 0 bridgehead atoms. The number of pyridine rings is 1. The Labute approximate surface area is 89.1 Å². The number of hydrogen-bond acceptors (Lipinski definition) is 3. The summed E-state index contributed by atoms with van der Waals surface area (Å²) in [6.07, 6.45) is 6.73. The van der Waals surface area contributed by atoms with Gasteiger partial charge < -0.3 is 10.6 Å². The zero-order valence-electron chi connectivity index (χ0n) is 8.79. The molecule has 1 aliphatic carbocycles. The highest BCUT2D eigenvalue weighted by atomic mass is 16.1. The van der Waals surface area contributed by atoms with Crippen LogP contribution in [0.3, 0.4) is 0 Å². The van der Waals surface area contributed by atoms with Gasteiger partial charge in [-0.3, -0.25) is 9.78 Å². The fourth-order valence-corrected chi connectivity index (χ4v) is 1.61. The second kappa shape index (κ2) is 4.29. The molecule has 0 unspecified atom stereocenters. The monoisotopic (exact) mass is 205 g/mol. The van der Waals surface area contributed by atoms with E-state index in [4.69, 9.17) is 0 Å². The lowest BCUT2D eigenvalue weighted by Crippen LogP contribution is -2.39. The number of carbonyl (C=O) groups is 1. The SMILES string of the molecule is CNc1cnccc1C(=O)NC1CCC1. The third-order valence-corrected chi connectivity index (χ3v) is 2.78. The predicted octanol–water partition coefficient (Wildman–Crippen LogP) is 1.41. The van der Waals surface area contributed by atoms with Crippen LogP contribution in [0.15, 0.2) is 18.5 Å². The number of nitrogens with one attached hydrogen (secondary N) is 2. The van der Waals surface area contributed by atoms with Crippen LogP contribution in [0.2, 0.25) is 0 Å². The van der Waals surface area contributed by atoms with Crippen molar-refractivity contribution < 1.29 is 4.79 Å². The summed E-state index contributed by atoms with van der Waals surface area (Å²) in [6, 6.07) is 2.11. The minimum absolute atomic E-state index is 0.00792. The first-order valence-corrected chi connectivity index (χ1v) is 5.24. The summed E-state index contributed by atoms with van der Waals surface area (Å²) >= 11 is 0. The van der Waals surface area contributed by atoms with Crippen molar-refractivity contribution >= 4 is 11.6 Å². The number of aromatic nitrogens is 1. The Kier molecular flexibility index (Phi) is 2.85. The molecular formula is C11H15N3O. The lowest BCUT2D eigenvalue weighted by molar-refractivity contribution is 0.0917. The third-order valence-electron chi connectivity index (χ3n) is 2.78. The molecule has 0 aromatic carbocycles. The summed E-state index contributed by atoms with van der Waals surface area (Å²) in [5, 5.41) is 5.96. The molecule has 80 valence electrons. The molecule has 1 aliphatic rings. The van der Waals surface area contributed by atoms with E-state index in [9.17, 15) is 4.79 Å². The van der Waals surface area contributed by atoms with Gasteiger partial charge in [0, 0.05) is 19.3 Å². The maximum atomic E-state index is 11.8. The lowest BCUT2D eigenvalue weighted by atomic mass is 9.93. The van der Waals surface area contributed by atoms with E-state index >= 15 is 0 Å². The number of anilines is 1. The largest absolute Gasteiger partial charge is 0.386 e. The summed E-state index contributed by atoms with van der Waals surface area (Å²) < 4.78 is 0. The second-order valence-corrected chi connectivity index (χ2v) is 3.77. The van der Waals surface area contributed by atoms with Crippen molar-refractivity contribution in [2.45, 2.75) is 25.3 Å². The van der Waals surface area contributed by atoms with E-state index in [1.165, 1.54) is 6.42 Å². The van der Waals surface area contributed by atoms with Gasteiger partial charge >= 0.3 is 0 Å². The number of amides is 1. The standard InChI is InChI=1S/C11H15N3O/c1-12-10-7-13-6-5-9(10)11(15)14-8-3-2-4-8/h5-8,12H,2-4H2,1H3,(H,14,15). The summed E-state index contributed by atoms with van der Waals surface area (Å²) in [7, 11) is 1.79. The van der Waals surface area contributed by atoms with Gasteiger partial charge in [-0.2, -0.15) is 0 Å². The topological polar surface area (TPSA) is 54.0 Å². The minimum atomic E-state index is -0.00792. The molecule has 0 atom stereocenters. The normalized spacial score (nSPS) is 15.5. The van der Waals surface area contributed by atoms with E-state index in [0.29, 0.717) is 11.6 Å². The molecule has 15 heavy (non-hydrogen) atoms. The summed E-state index contributed by atoms with van der Waals surface area (Å²) in [6.45, 7) is 0. The van der Waals surface area contributed by atoms with Crippen LogP contribution in [-0.4, -0.2) is 24.0 Å². The van der Waals surface area contributed by atoms with E-state index in [0.717, 1.165) is 18.5 Å². The molecular weight excluding hydrogens is 190 g/mol. The lowest BCUT2D eigenvalue weighted by Gasteiger charge is -2.26. The van der Waals surface area contributed by atoms with Crippen LogP contribution in [0.5, 0.6) is 0 Å². The highest BCUT2D eigenvalue weighted by molar-refractivity contribution is 5.99. The number of rotatable bonds is 3. The minimum Gasteiger partial charge on any atom is -0.386 e. The van der Waals surface area contributed by atoms with E-state index in [1.54, 1.807) is 25.5 Å². The molecule has 1 fully saturated rings. The van der Waals surface area contributed by atoms with Crippen molar-refractivity contribution in [3.05, 3.63) is 24.0 Å². The fourth-order valence-electron chi connectivity index (χ4n) is 1.61. The Bertz CT molecular complexity index is 361. The number of carbonyl (C=O) groups excluding carboxylic acids is 1. The van der Waals surface area contributed by atoms with Gasteiger partial charge in [0.05, 0.1) is 17.4 Å². The van der Waals surface area contributed by atoms with E-state index in [1.807, 2.05) is 0 Å². The Morgan fingerprint density at radius 1 is 1.53 bits per heavy atom. The van der Waals surface area contributed by atoms with Crippen LogP contribution < -0.4 is 10.6 Å². The molecule has 0 saturated heterocycles. The van der Waals surface area contributed by atoms with Crippen LogP contribution in [-0.2, 0) is 0 Å². The van der Waals surface area contributed by atoms with Gasteiger partial charge in [0.2, 0.25) is 0 Å². The molecule has 1 aromatic heterocycles. The molecule has 0 aliphatic heterocycles. The van der Waals surface area contributed by atoms with Gasteiger partial charge in [0.15, 0.2) is 0 Å². The van der Waals surface area contributed by atoms with Gasteiger partial charge in [-0.25, -0.2) is 0 Å². The molecule has 0 radical (unpaired) electrons. The summed E-state index contributed by atoms with van der Waals surface area (Å²) in [4.78, 5) is 15.8. The van der Waals surface area contributed by atoms with Crippen LogP contribution in [0, 0.1) is 0 Å². The Morgan fingerprint density at radius 2 is 2.33 bits per heavy atom. The first kappa shape index (κ1) is 9.96. The van der Waals surface area contributed by atoms with Crippen molar-refractivity contribution in [2.75, 3.05) is 12.4 Å². The molecule has 1 amide bonds. The maximum absolute atomic E-state index is 11.8. The zero-order valence-corrected chi connectivity index (χ0v) is 8.79. The first-order chi connectivity index (χ1) is 7.31. The van der Waals surface area contributed by atoms with E-state index < -0.39 is 0 Å². The smallest absolute Gasteiger partial charge is 0.253 e. The molecule has 4 heteroatoms. The first-order valence-electron chi connectivity index (χ1n) is 5.24. The van der Waals surface area contributed by atoms with Crippen LogP contribution in [0.1, 0.15) is 29.6 Å². The Hall–Kier alpha value is -1.58. The molecule has 1 heterocycles. The second-order valence-electron chi connectivity index (χ2n) is 3.77. The summed E-state index contributed by atoms with van der Waals surface area (Å²) in [5.74, 6) is -0.00792. The van der Waals surface area contributed by atoms with Gasteiger partial charge in [0.1, 0.15) is 0 Å². The Balaban J connectivity index is 2.09. The van der Waals surface area contributed by atoms with Crippen LogP contribution in [0.25, 0.3) is 0 Å². The summed E-state index contributed by atoms with van der Waals surface area (Å²) in [5.41, 5.74) is 1.44. The van der Waals surface area contributed by atoms with Crippen molar-refractivity contribution in [3.8, 4) is 0 Å². The quantitative estimate of drug-likeness (QED) is 0.784. The zero-order chi connectivity index (χ0) is 10.7. The fraction of sp³-hybridized carbons (Fsp3) is 0.455. The van der Waals surface area contributed by atoms with Crippen LogP contribution in [0.4, 0.5) is 5.69 Å². The third kappa shape index (κ3) is 2.09. The molecule has 4 nitrogen and oxygen atoms in total. The maximum Gasteiger partial charge on any atom is 0.253 e. The highest BCUT2D eigenvalue weighted by Crippen LogP contribution is 2.20. The predicted molar refractivity (Wildman–Crippen MR) is 58.9 cm³/mol. The van der Waals surface area contributed by atoms with Gasteiger partial charge in [-0.05, 0) is 25.3 Å². The average molecular weight is 205 g/mol. The molecule has 2 N–H and O–H groups in total. The van der Waals surface area contributed by atoms with Gasteiger partial charge in [-0.15, -0.1) is 0 Å². The van der Waals surface area contributed by atoms with Gasteiger partial charge in [0.25, 0.3) is 5.91 Å². The van der Waals surface area contributed by atoms with Crippen LogP contribution >= 0.6 is 0 Å². The molecule has 2 rings (SSSR count). The van der Waals surface area contributed by atoms with Crippen molar-refractivity contribution in [1.29, 1.82) is 0 Å². The highest BCUT2D eigenvalue weighted by Gasteiger charge is 2.21. The van der Waals surface area contributed by atoms with E-state index in [2.05, 4.69) is 15.6 Å². The number of hydrogen-bond donors (Lipinski definition) is 2. The molecule has 1 aromatic rings. The Morgan fingerprint density at radius 3 is 2.93 bits per heavy atom. The van der Waals surface area contributed by atoms with Crippen molar-refractivity contribution in [3.63, 3.8) is 0 Å². The van der Waals surface area contributed by atoms with Crippen molar-refractivity contribution in [1.82, 2.24) is 10.3 Å². The van der Waals surface area contributed by atoms with Gasteiger partial charge in [-0.1, -0.05) is 0 Å².